The molecule has 29 heavy (non-hydrogen) atoms. The summed E-state index contributed by atoms with van der Waals surface area (Å²) >= 11 is 0. The molecule has 0 aliphatic carbocycles. The van der Waals surface area contributed by atoms with Gasteiger partial charge in [0.15, 0.2) is 5.76 Å². The maximum Gasteiger partial charge on any atom is 0.270 e. The van der Waals surface area contributed by atoms with E-state index in [1.165, 1.54) is 23.8 Å². The van der Waals surface area contributed by atoms with Crippen LogP contribution in [0.25, 0.3) is 6.08 Å². The van der Waals surface area contributed by atoms with Gasteiger partial charge in [0.05, 0.1) is 10.5 Å². The smallest absolute Gasteiger partial charge is 0.270 e. The van der Waals surface area contributed by atoms with E-state index >= 15 is 0 Å². The molecule has 6 nitrogen and oxygen atoms in total. The van der Waals surface area contributed by atoms with Crippen molar-refractivity contribution in [2.45, 2.75) is 13.5 Å². The molecule has 0 N–H and O–H groups in total. The fraction of sp³-hybridized carbons (Fsp3) is 0.0870. The molecule has 0 bridgehead atoms. The van der Waals surface area contributed by atoms with Gasteiger partial charge in [0.2, 0.25) is 5.78 Å². The van der Waals surface area contributed by atoms with Crippen LogP contribution in [0.1, 0.15) is 27.0 Å². The van der Waals surface area contributed by atoms with E-state index in [1.54, 1.807) is 30.3 Å². The number of allylic oxidation sites excluding steroid dienone is 1. The number of ketones is 1. The third-order valence-corrected chi connectivity index (χ3v) is 4.55. The monoisotopic (exact) mass is 387 g/mol. The van der Waals surface area contributed by atoms with Crippen molar-refractivity contribution in [3.63, 3.8) is 0 Å². The number of benzene rings is 3. The zero-order chi connectivity index (χ0) is 20.4. The molecule has 0 atom stereocenters. The standard InChI is InChI=1S/C23H17NO5/c1-15-5-7-16(8-6-15)14-28-19-9-10-20-21(13-19)29-22(23(20)25)12-17-3-2-4-18(11-17)24(26)27/h2-13H,14H2,1H3. The van der Waals surface area contributed by atoms with Gasteiger partial charge in [-0.25, -0.2) is 0 Å². The van der Waals surface area contributed by atoms with Gasteiger partial charge >= 0.3 is 0 Å². The first-order valence-corrected chi connectivity index (χ1v) is 9.01. The topological polar surface area (TPSA) is 78.7 Å². The highest BCUT2D eigenvalue weighted by molar-refractivity contribution is 6.14. The summed E-state index contributed by atoms with van der Waals surface area (Å²) in [6, 6.07) is 19.1. The Morgan fingerprint density at radius 1 is 1.07 bits per heavy atom. The zero-order valence-corrected chi connectivity index (χ0v) is 15.6. The van der Waals surface area contributed by atoms with Crippen molar-refractivity contribution < 1.29 is 19.2 Å². The molecule has 0 radical (unpaired) electrons. The van der Waals surface area contributed by atoms with Crippen LogP contribution < -0.4 is 9.47 Å². The van der Waals surface area contributed by atoms with Crippen LogP contribution in [0, 0.1) is 17.0 Å². The lowest BCUT2D eigenvalue weighted by atomic mass is 10.1. The lowest BCUT2D eigenvalue weighted by Gasteiger charge is -2.07. The van der Waals surface area contributed by atoms with E-state index in [2.05, 4.69) is 0 Å². The molecular weight excluding hydrogens is 370 g/mol. The molecule has 3 aromatic rings. The minimum atomic E-state index is -0.480. The summed E-state index contributed by atoms with van der Waals surface area (Å²) in [5.74, 6) is 0.856. The third-order valence-electron chi connectivity index (χ3n) is 4.55. The minimum Gasteiger partial charge on any atom is -0.489 e. The Kier molecular flexibility index (Phi) is 4.83. The Bertz CT molecular complexity index is 1130. The predicted octanol–water partition coefficient (Wildman–Crippen LogP) is 5.10. The average Bonchev–Trinajstić information content (AvgIpc) is 3.02. The molecule has 4 rings (SSSR count). The third kappa shape index (κ3) is 4.01. The van der Waals surface area contributed by atoms with Gasteiger partial charge in [0, 0.05) is 18.2 Å². The number of carbonyl (C=O) groups is 1. The van der Waals surface area contributed by atoms with Crippen molar-refractivity contribution in [1.29, 1.82) is 0 Å². The molecule has 0 amide bonds. The highest BCUT2D eigenvalue weighted by atomic mass is 16.6. The van der Waals surface area contributed by atoms with E-state index in [1.807, 2.05) is 31.2 Å². The van der Waals surface area contributed by atoms with Gasteiger partial charge in [0.25, 0.3) is 5.69 Å². The second-order valence-corrected chi connectivity index (χ2v) is 6.72. The van der Waals surface area contributed by atoms with Crippen LogP contribution in [0.4, 0.5) is 5.69 Å². The Morgan fingerprint density at radius 3 is 2.62 bits per heavy atom. The first kappa shape index (κ1) is 18.4. The summed E-state index contributed by atoms with van der Waals surface area (Å²) in [5.41, 5.74) is 3.13. The van der Waals surface area contributed by atoms with E-state index < -0.39 is 4.92 Å². The van der Waals surface area contributed by atoms with Gasteiger partial charge in [-0.2, -0.15) is 0 Å². The molecule has 1 heterocycles. The summed E-state index contributed by atoms with van der Waals surface area (Å²) in [4.78, 5) is 23.0. The average molecular weight is 387 g/mol. The summed E-state index contributed by atoms with van der Waals surface area (Å²) < 4.78 is 11.5. The molecule has 1 aliphatic heterocycles. The van der Waals surface area contributed by atoms with Crippen LogP contribution in [0.5, 0.6) is 11.5 Å². The number of Topliss-reactive ketones (excluding diaryl/α,β-unsaturated/α-hetero) is 1. The first-order chi connectivity index (χ1) is 14.0. The van der Waals surface area contributed by atoms with Crippen molar-refractivity contribution in [3.8, 4) is 11.5 Å². The number of hydrogen-bond acceptors (Lipinski definition) is 5. The maximum atomic E-state index is 12.6. The molecule has 0 unspecified atom stereocenters. The molecule has 0 aromatic heterocycles. The minimum absolute atomic E-state index is 0.0471. The van der Waals surface area contributed by atoms with Crippen molar-refractivity contribution in [1.82, 2.24) is 0 Å². The number of nitro benzene ring substituents is 1. The predicted molar refractivity (Wildman–Crippen MR) is 108 cm³/mol. The van der Waals surface area contributed by atoms with Crippen molar-refractivity contribution in [2.75, 3.05) is 0 Å². The lowest BCUT2D eigenvalue weighted by Crippen LogP contribution is -1.98. The van der Waals surface area contributed by atoms with Crippen molar-refractivity contribution in [2.24, 2.45) is 0 Å². The summed E-state index contributed by atoms with van der Waals surface area (Å²) in [5, 5.41) is 10.9. The number of rotatable bonds is 5. The lowest BCUT2D eigenvalue weighted by molar-refractivity contribution is -0.384. The van der Waals surface area contributed by atoms with E-state index in [0.29, 0.717) is 29.2 Å². The normalized spacial score (nSPS) is 13.8. The number of nitro groups is 1. The van der Waals surface area contributed by atoms with Crippen LogP contribution in [0.15, 0.2) is 72.5 Å². The molecule has 0 saturated heterocycles. The van der Waals surface area contributed by atoms with Gasteiger partial charge in [-0.1, -0.05) is 42.0 Å². The Morgan fingerprint density at radius 2 is 1.86 bits per heavy atom. The molecule has 0 saturated carbocycles. The SMILES string of the molecule is Cc1ccc(COc2ccc3c(c2)OC(=Cc2cccc([N+](=O)[O-])c2)C3=O)cc1. The van der Waals surface area contributed by atoms with Gasteiger partial charge in [-0.15, -0.1) is 0 Å². The van der Waals surface area contributed by atoms with E-state index in [-0.39, 0.29) is 17.2 Å². The van der Waals surface area contributed by atoms with E-state index in [0.717, 1.165) is 5.56 Å². The van der Waals surface area contributed by atoms with E-state index in [4.69, 9.17) is 9.47 Å². The van der Waals surface area contributed by atoms with Crippen molar-refractivity contribution >= 4 is 17.5 Å². The molecule has 6 heteroatoms. The Hall–Kier alpha value is -3.93. The molecule has 3 aromatic carbocycles. The number of ether oxygens (including phenoxy) is 2. The number of hydrogen-bond donors (Lipinski definition) is 0. The maximum absolute atomic E-state index is 12.6. The number of non-ortho nitro benzene ring substituents is 1. The zero-order valence-electron chi connectivity index (χ0n) is 15.6. The largest absolute Gasteiger partial charge is 0.489 e. The molecular formula is C23H17NO5. The van der Waals surface area contributed by atoms with E-state index in [9.17, 15) is 14.9 Å². The number of carbonyl (C=O) groups excluding carboxylic acids is 1. The number of fused-ring (bicyclic) bond motifs is 1. The number of nitrogens with zero attached hydrogens (tertiary/aromatic N) is 1. The first-order valence-electron chi connectivity index (χ1n) is 9.01. The van der Waals surface area contributed by atoms with Gasteiger partial charge in [-0.3, -0.25) is 14.9 Å². The highest BCUT2D eigenvalue weighted by Gasteiger charge is 2.27. The molecule has 0 fully saturated rings. The fourth-order valence-electron chi connectivity index (χ4n) is 2.99. The summed E-state index contributed by atoms with van der Waals surface area (Å²) in [7, 11) is 0. The van der Waals surface area contributed by atoms with Crippen LogP contribution in [0.2, 0.25) is 0 Å². The van der Waals surface area contributed by atoms with Gasteiger partial charge in [0.1, 0.15) is 18.1 Å². The van der Waals surface area contributed by atoms with Crippen LogP contribution in [0.3, 0.4) is 0 Å². The second-order valence-electron chi connectivity index (χ2n) is 6.72. The van der Waals surface area contributed by atoms with Crippen LogP contribution in [-0.2, 0) is 6.61 Å². The van der Waals surface area contributed by atoms with Gasteiger partial charge < -0.3 is 9.47 Å². The fourth-order valence-corrected chi connectivity index (χ4v) is 2.99. The van der Waals surface area contributed by atoms with Gasteiger partial charge in [-0.05, 0) is 36.3 Å². The molecule has 1 aliphatic rings. The molecule has 144 valence electrons. The van der Waals surface area contributed by atoms with Crippen molar-refractivity contribution in [3.05, 3.63) is 105 Å². The summed E-state index contributed by atoms with van der Waals surface area (Å²) in [6.45, 7) is 2.43. The van der Waals surface area contributed by atoms with Crippen LogP contribution in [-0.4, -0.2) is 10.7 Å². The second kappa shape index (κ2) is 7.59. The summed E-state index contributed by atoms with van der Waals surface area (Å²) in [6.07, 6.45) is 1.50. The Balaban J connectivity index is 1.51. The van der Waals surface area contributed by atoms with Crippen LogP contribution >= 0.6 is 0 Å². The quantitative estimate of drug-likeness (QED) is 0.346. The molecule has 0 spiro atoms. The highest BCUT2D eigenvalue weighted by Crippen LogP contribution is 2.35. The Labute approximate surface area is 167 Å². The number of aryl methyl sites for hydroxylation is 1.